The molecule has 416 valence electrons. The second-order valence-corrected chi connectivity index (χ2v) is 22.7. The molecule has 6 aromatic rings. The summed E-state index contributed by atoms with van der Waals surface area (Å²) >= 11 is 0. The Morgan fingerprint density at radius 2 is 1.24 bits per heavy atom. The van der Waals surface area contributed by atoms with Crippen molar-refractivity contribution in [1.29, 1.82) is 0 Å². The number of ether oxygens (including phenoxy) is 4. The Bertz CT molecular complexity index is 3490. The number of hydrogen-bond donors (Lipinski definition) is 13. The van der Waals surface area contributed by atoms with Gasteiger partial charge in [0.1, 0.15) is 66.8 Å². The van der Waals surface area contributed by atoms with Crippen LogP contribution in [0.2, 0.25) is 0 Å². The van der Waals surface area contributed by atoms with Crippen molar-refractivity contribution in [1.82, 2.24) is 53.6 Å². The van der Waals surface area contributed by atoms with Gasteiger partial charge in [0.05, 0.1) is 39.0 Å². The van der Waals surface area contributed by atoms with Crippen molar-refractivity contribution >= 4 is 82.5 Å². The Kier molecular flexibility index (Phi) is 15.3. The molecular formula is C33H46N15O24P4+. The van der Waals surface area contributed by atoms with Gasteiger partial charge in [0.15, 0.2) is 41.4 Å². The second kappa shape index (κ2) is 20.9. The summed E-state index contributed by atoms with van der Waals surface area (Å²) in [5, 5.41) is 43.3. The maximum atomic E-state index is 13.7. The summed E-state index contributed by atoms with van der Waals surface area (Å²) in [7, 11) is -22.4. The largest absolute Gasteiger partial charge is 0.490 e. The number of aromatic amines is 2. The summed E-state index contributed by atoms with van der Waals surface area (Å²) in [4.78, 5) is 95.9. The number of H-pyrrole nitrogens is 2. The van der Waals surface area contributed by atoms with E-state index in [1.165, 1.54) is 15.5 Å². The molecule has 16 atom stereocenters. The molecule has 0 aliphatic carbocycles. The molecule has 6 aromatic heterocycles. The maximum Gasteiger partial charge on any atom is 0.490 e. The number of aromatic nitrogens is 12. The maximum absolute atomic E-state index is 13.7. The van der Waals surface area contributed by atoms with Crippen LogP contribution in [-0.4, -0.2) is 175 Å². The standard InChI is InChI=1S/C33H45N15O24P4/c1-3-45-10-48(26-16(45)28(54)44-33(36)42-26)30-20(52)18(50)12(68-30)5-65-74(57,58)71-76(61,62)72-75(59,60)66-6-13-21(22(63-2)31(69-13)46-8-39-14-23(34)37-7-38-24(14)46)70-73(55,56)64-4-11-17(49)19(51)29(67-11)47-9-40-15-25(47)41-32(35)43-27(15)53/h7-13,17-22,29-31,49-52H,3-6H2,1-2H3,(H11-,34,35,36,37,38,41,42,43,44,53,54,55,56,57,58,59,60,61,62)/p+1/t11-,12-,13-,17-,18-,19-,20-,21-,22-,29-,30-,31-/m1/s1. The van der Waals surface area contributed by atoms with Crippen LogP contribution in [0.5, 0.6) is 0 Å². The third-order valence-electron chi connectivity index (χ3n) is 11.8. The van der Waals surface area contributed by atoms with E-state index < -0.39 is 136 Å². The fraction of sp³-hybridized carbons (Fsp3) is 0.545. The molecule has 4 unspecified atom stereocenters. The number of aliphatic hydroxyl groups is 4. The van der Waals surface area contributed by atoms with E-state index in [0.717, 1.165) is 35.2 Å². The third-order valence-corrected chi connectivity index (χ3v) is 17.0. The molecule has 0 saturated carbocycles. The van der Waals surface area contributed by atoms with Crippen LogP contribution in [0, 0.1) is 0 Å². The normalized spacial score (nSPS) is 30.2. The van der Waals surface area contributed by atoms with E-state index in [4.69, 9.17) is 54.2 Å². The average molecular weight is 1160 g/mol. The van der Waals surface area contributed by atoms with Crippen LogP contribution in [0.15, 0.2) is 34.9 Å². The number of methoxy groups -OCH3 is 1. The average Bonchev–Trinajstić information content (AvgIpc) is 4.19. The summed E-state index contributed by atoms with van der Waals surface area (Å²) in [5.41, 5.74) is 15.5. The molecule has 16 N–H and O–H groups in total. The lowest BCUT2D eigenvalue weighted by molar-refractivity contribution is -0.746. The van der Waals surface area contributed by atoms with E-state index in [1.807, 2.05) is 0 Å². The fourth-order valence-electron chi connectivity index (χ4n) is 8.43. The lowest BCUT2D eigenvalue weighted by Gasteiger charge is -2.26. The number of imidazole rings is 3. The van der Waals surface area contributed by atoms with Crippen LogP contribution < -0.4 is 32.9 Å². The number of phosphoric ester groups is 3. The molecule has 3 saturated heterocycles. The fourth-order valence-corrected chi connectivity index (χ4v) is 12.9. The zero-order chi connectivity index (χ0) is 55.0. The Hall–Kier alpha value is -5.15. The van der Waals surface area contributed by atoms with Crippen molar-refractivity contribution in [3.05, 3.63) is 46.0 Å². The van der Waals surface area contributed by atoms with Crippen molar-refractivity contribution in [2.24, 2.45) is 0 Å². The molecule has 0 bridgehead atoms. The second-order valence-electron chi connectivity index (χ2n) is 16.6. The summed E-state index contributed by atoms with van der Waals surface area (Å²) in [6, 6.07) is 0. The summed E-state index contributed by atoms with van der Waals surface area (Å²) in [5.74, 6) is -0.708. The zero-order valence-corrected chi connectivity index (χ0v) is 42.2. The number of nitrogen functional groups attached to an aromatic ring is 3. The number of anilines is 3. The first-order valence-corrected chi connectivity index (χ1v) is 27.7. The van der Waals surface area contributed by atoms with Gasteiger partial charge in [-0.05, 0) is 6.92 Å². The monoisotopic (exact) mass is 1160 g/mol. The molecule has 39 nitrogen and oxygen atoms in total. The number of nitrogens with zero attached hydrogens (tertiary/aromatic N) is 10. The molecule has 76 heavy (non-hydrogen) atoms. The molecule has 0 aromatic carbocycles. The molecule has 3 aliphatic heterocycles. The van der Waals surface area contributed by atoms with Crippen LogP contribution in [0.25, 0.3) is 33.5 Å². The van der Waals surface area contributed by atoms with Crippen LogP contribution in [0.4, 0.5) is 17.7 Å². The number of aliphatic hydroxyl groups excluding tert-OH is 4. The number of hydrogen-bond acceptors (Lipinski definition) is 29. The highest BCUT2D eigenvalue weighted by molar-refractivity contribution is 7.66. The van der Waals surface area contributed by atoms with Gasteiger partial charge in [-0.25, -0.2) is 42.8 Å². The lowest BCUT2D eigenvalue weighted by Crippen LogP contribution is -2.46. The van der Waals surface area contributed by atoms with Gasteiger partial charge in [0.25, 0.3) is 17.1 Å². The van der Waals surface area contributed by atoms with Gasteiger partial charge in [0, 0.05) is 7.11 Å². The van der Waals surface area contributed by atoms with Crippen LogP contribution in [0.1, 0.15) is 25.6 Å². The Labute approximate surface area is 421 Å². The first-order valence-electron chi connectivity index (χ1n) is 21.7. The molecule has 3 aliphatic rings. The lowest BCUT2D eigenvalue weighted by atomic mass is 10.1. The number of nitrogens with two attached hydrogens (primary N) is 3. The number of nitrogens with one attached hydrogen (secondary N) is 2. The number of fused-ring (bicyclic) bond motifs is 3. The summed E-state index contributed by atoms with van der Waals surface area (Å²) in [6.07, 6.45) is -15.7. The smallest absolute Gasteiger partial charge is 0.387 e. The number of aryl methyl sites for hydroxylation is 1. The minimum atomic E-state index is -6.21. The quantitative estimate of drug-likeness (QED) is 0.0254. The van der Waals surface area contributed by atoms with Gasteiger partial charge < -0.3 is 76.1 Å². The van der Waals surface area contributed by atoms with Gasteiger partial charge in [-0.2, -0.15) is 13.6 Å². The number of phosphoric acid groups is 4. The SMILES string of the molecule is CCn1c[n+]([C@@H]2O[C@H](COP(=O)(O)OP(=O)(O)OP(=O)(O)OC[C@H]3O[C@@H](n4cnc5c(N)ncnc54)[C@H](OC)[C@@H]3OP(=O)(O)OC[C@H]3O[C@@H](n4cnc5c(=O)[nH]c(N)nc54)[C@H](O)[C@@H]3O)[C@@H](O)[C@H]2O)c2nc(N)[nH]c(=O)c21. The van der Waals surface area contributed by atoms with E-state index in [-0.39, 0.29) is 57.8 Å². The highest BCUT2D eigenvalue weighted by Gasteiger charge is 2.54. The molecule has 43 heteroatoms. The van der Waals surface area contributed by atoms with E-state index in [1.54, 1.807) is 6.92 Å². The predicted molar refractivity (Wildman–Crippen MR) is 244 cm³/mol. The van der Waals surface area contributed by atoms with Crippen molar-refractivity contribution in [3.63, 3.8) is 0 Å². The molecule has 9 rings (SSSR count). The molecule has 0 radical (unpaired) electrons. The summed E-state index contributed by atoms with van der Waals surface area (Å²) < 4.78 is 109. The minimum Gasteiger partial charge on any atom is -0.387 e. The molecule has 9 heterocycles. The molecule has 3 fully saturated rings. The Balaban J connectivity index is 0.862. The topological polar surface area (TPSA) is 562 Å². The molecule has 0 spiro atoms. The van der Waals surface area contributed by atoms with Crippen LogP contribution >= 0.6 is 31.3 Å². The minimum absolute atomic E-state index is 0.00650. The van der Waals surface area contributed by atoms with Gasteiger partial charge in [-0.15, -0.1) is 0 Å². The highest BCUT2D eigenvalue weighted by Crippen LogP contribution is 2.68. The Morgan fingerprint density at radius 3 is 1.89 bits per heavy atom. The molecule has 0 amide bonds. The van der Waals surface area contributed by atoms with Gasteiger partial charge >= 0.3 is 36.9 Å². The van der Waals surface area contributed by atoms with Crippen LogP contribution in [0.3, 0.4) is 0 Å². The van der Waals surface area contributed by atoms with Crippen molar-refractivity contribution in [2.45, 2.75) is 87.1 Å². The third kappa shape index (κ3) is 11.0. The Morgan fingerprint density at radius 1 is 0.671 bits per heavy atom. The highest BCUT2D eigenvalue weighted by atomic mass is 31.3. The summed E-state index contributed by atoms with van der Waals surface area (Å²) in [6.45, 7) is -1.50. The van der Waals surface area contributed by atoms with Crippen molar-refractivity contribution < 1.29 is 108 Å². The van der Waals surface area contributed by atoms with Crippen molar-refractivity contribution in [3.8, 4) is 0 Å². The van der Waals surface area contributed by atoms with Gasteiger partial charge in [0.2, 0.25) is 17.7 Å². The predicted octanol–water partition coefficient (Wildman–Crippen LogP) is -4.23. The van der Waals surface area contributed by atoms with E-state index in [9.17, 15) is 67.8 Å². The first kappa shape index (κ1) is 55.6. The van der Waals surface area contributed by atoms with E-state index >= 15 is 0 Å². The van der Waals surface area contributed by atoms with E-state index in [0.29, 0.717) is 0 Å². The van der Waals surface area contributed by atoms with E-state index in [2.05, 4.69) is 48.5 Å². The first-order chi connectivity index (χ1) is 35.7. The van der Waals surface area contributed by atoms with Crippen molar-refractivity contribution in [2.75, 3.05) is 44.1 Å². The number of rotatable bonds is 20. The van der Waals surface area contributed by atoms with Crippen LogP contribution in [-0.2, 0) is 70.5 Å². The molecular weight excluding hydrogens is 1110 g/mol. The van der Waals surface area contributed by atoms with Gasteiger partial charge in [-0.3, -0.25) is 51.4 Å². The zero-order valence-electron chi connectivity index (χ0n) is 38.7. The van der Waals surface area contributed by atoms with Gasteiger partial charge in [-0.1, -0.05) is 4.98 Å².